The Hall–Kier alpha value is -2.86. The van der Waals surface area contributed by atoms with Crippen molar-refractivity contribution in [2.75, 3.05) is 0 Å². The van der Waals surface area contributed by atoms with Gasteiger partial charge in [-0.2, -0.15) is 14.8 Å². The smallest absolute Gasteiger partial charge is 0.193 e. The average molecular weight is 339 g/mol. The summed E-state index contributed by atoms with van der Waals surface area (Å²) >= 11 is 6.00. The highest BCUT2D eigenvalue weighted by molar-refractivity contribution is 6.30. The molecule has 0 fully saturated rings. The van der Waals surface area contributed by atoms with Gasteiger partial charge in [0.15, 0.2) is 5.96 Å². The first-order chi connectivity index (χ1) is 11.7. The number of aromatic nitrogens is 3. The molecule has 0 spiro atoms. The van der Waals surface area contributed by atoms with Gasteiger partial charge in [-0.05, 0) is 35.9 Å². The topological polar surface area (TPSA) is 80.6 Å². The van der Waals surface area contributed by atoms with Crippen molar-refractivity contribution in [1.29, 1.82) is 0 Å². The summed E-state index contributed by atoms with van der Waals surface area (Å²) < 4.78 is 1.60. The van der Waals surface area contributed by atoms with Gasteiger partial charge in [0.1, 0.15) is 5.54 Å². The first kappa shape index (κ1) is 14.7. The number of hydrogen-bond acceptors (Lipinski definition) is 5. The Morgan fingerprint density at radius 1 is 1.17 bits per heavy atom. The molecule has 1 unspecified atom stereocenters. The van der Waals surface area contributed by atoms with Crippen LogP contribution in [-0.2, 0) is 12.0 Å². The molecule has 0 radical (unpaired) electrons. The summed E-state index contributed by atoms with van der Waals surface area (Å²) in [6, 6.07) is 11.6. The first-order valence-electron chi connectivity index (χ1n) is 7.50. The van der Waals surface area contributed by atoms with Crippen LogP contribution >= 0.6 is 11.6 Å². The SMILES string of the molecule is NC1=NC(Cc2ccc(Cl)cc2)(c2cnn3ncccc23)C=CN1. The van der Waals surface area contributed by atoms with Crippen LogP contribution in [0.2, 0.25) is 5.02 Å². The normalized spacial score (nSPS) is 20.0. The van der Waals surface area contributed by atoms with Gasteiger partial charge in [-0.25, -0.2) is 4.99 Å². The fraction of sp³-hybridized carbons (Fsp3) is 0.118. The summed E-state index contributed by atoms with van der Waals surface area (Å²) in [7, 11) is 0. The summed E-state index contributed by atoms with van der Waals surface area (Å²) in [5, 5.41) is 12.2. The van der Waals surface area contributed by atoms with Crippen molar-refractivity contribution in [3.63, 3.8) is 0 Å². The van der Waals surface area contributed by atoms with E-state index in [1.54, 1.807) is 17.0 Å². The summed E-state index contributed by atoms with van der Waals surface area (Å²) in [5.41, 5.74) is 8.27. The molecule has 120 valence electrons. The monoisotopic (exact) mass is 338 g/mol. The van der Waals surface area contributed by atoms with Crippen molar-refractivity contribution < 1.29 is 0 Å². The quantitative estimate of drug-likeness (QED) is 0.767. The predicted octanol–water partition coefficient (Wildman–Crippen LogP) is 2.25. The van der Waals surface area contributed by atoms with Gasteiger partial charge in [-0.15, -0.1) is 0 Å². The third kappa shape index (κ3) is 2.51. The van der Waals surface area contributed by atoms with Gasteiger partial charge in [-0.3, -0.25) is 0 Å². The minimum Gasteiger partial charge on any atom is -0.370 e. The molecule has 7 heteroatoms. The molecule has 0 bridgehead atoms. The van der Waals surface area contributed by atoms with E-state index in [-0.39, 0.29) is 0 Å². The lowest BCUT2D eigenvalue weighted by molar-refractivity contribution is 0.553. The van der Waals surface area contributed by atoms with Gasteiger partial charge in [0.05, 0.1) is 11.7 Å². The Labute approximate surface area is 143 Å². The predicted molar refractivity (Wildman–Crippen MR) is 93.7 cm³/mol. The highest BCUT2D eigenvalue weighted by Gasteiger charge is 2.34. The Morgan fingerprint density at radius 3 is 2.79 bits per heavy atom. The maximum atomic E-state index is 6.00. The van der Waals surface area contributed by atoms with Gasteiger partial charge in [0, 0.05) is 29.4 Å². The second-order valence-electron chi connectivity index (χ2n) is 5.66. The molecule has 0 aliphatic carbocycles. The first-order valence-corrected chi connectivity index (χ1v) is 7.88. The molecule has 24 heavy (non-hydrogen) atoms. The number of nitrogens with zero attached hydrogens (tertiary/aromatic N) is 4. The van der Waals surface area contributed by atoms with Gasteiger partial charge in [0.2, 0.25) is 0 Å². The molecule has 3 N–H and O–H groups in total. The lowest BCUT2D eigenvalue weighted by Crippen LogP contribution is -2.38. The zero-order valence-electron chi connectivity index (χ0n) is 12.7. The number of halogens is 1. The minimum atomic E-state index is -0.645. The van der Waals surface area contributed by atoms with Crippen LogP contribution in [0.15, 0.2) is 66.1 Å². The number of rotatable bonds is 3. The van der Waals surface area contributed by atoms with Gasteiger partial charge in [0.25, 0.3) is 0 Å². The van der Waals surface area contributed by atoms with E-state index in [1.807, 2.05) is 48.7 Å². The molecule has 2 aromatic heterocycles. The van der Waals surface area contributed by atoms with Gasteiger partial charge < -0.3 is 11.1 Å². The summed E-state index contributed by atoms with van der Waals surface area (Å²) in [6.45, 7) is 0. The van der Waals surface area contributed by atoms with Crippen molar-refractivity contribution in [2.24, 2.45) is 10.7 Å². The summed E-state index contributed by atoms with van der Waals surface area (Å²) in [4.78, 5) is 4.71. The third-order valence-corrected chi connectivity index (χ3v) is 4.32. The standard InChI is InChI=1S/C17H15ClN6/c18-13-5-3-12(4-6-13)10-17(7-9-20-16(19)23-17)14-11-22-24-15(14)2-1-8-21-24/h1-9,11H,10H2,(H3,19,20,23). The molecule has 6 nitrogen and oxygen atoms in total. The molecule has 1 aliphatic heterocycles. The van der Waals surface area contributed by atoms with Crippen LogP contribution in [0, 0.1) is 0 Å². The molecule has 3 heterocycles. The van der Waals surface area contributed by atoms with E-state index in [9.17, 15) is 0 Å². The molecular weight excluding hydrogens is 324 g/mol. The van der Waals surface area contributed by atoms with Crippen molar-refractivity contribution >= 4 is 23.1 Å². The molecule has 1 atom stereocenters. The number of nitrogens with one attached hydrogen (secondary N) is 1. The lowest BCUT2D eigenvalue weighted by Gasteiger charge is -2.29. The van der Waals surface area contributed by atoms with E-state index in [2.05, 4.69) is 15.5 Å². The van der Waals surface area contributed by atoms with Crippen LogP contribution in [0.1, 0.15) is 11.1 Å². The number of nitrogens with two attached hydrogens (primary N) is 1. The number of benzene rings is 1. The Balaban J connectivity index is 1.87. The van der Waals surface area contributed by atoms with Crippen LogP contribution < -0.4 is 11.1 Å². The number of guanidine groups is 1. The van der Waals surface area contributed by atoms with Crippen molar-refractivity contribution in [3.8, 4) is 0 Å². The molecule has 1 aromatic carbocycles. The Morgan fingerprint density at radius 2 is 2.00 bits per heavy atom. The van der Waals surface area contributed by atoms with Crippen LogP contribution in [-0.4, -0.2) is 20.8 Å². The summed E-state index contributed by atoms with van der Waals surface area (Å²) in [6.07, 6.45) is 7.95. The van der Waals surface area contributed by atoms with Crippen LogP contribution in [0.25, 0.3) is 5.52 Å². The Kier molecular flexibility index (Phi) is 3.46. The van der Waals surface area contributed by atoms with E-state index in [0.29, 0.717) is 17.4 Å². The molecule has 3 aromatic rings. The zero-order valence-corrected chi connectivity index (χ0v) is 13.5. The number of hydrogen-bond donors (Lipinski definition) is 2. The van der Waals surface area contributed by atoms with Crippen molar-refractivity contribution in [1.82, 2.24) is 20.1 Å². The van der Waals surface area contributed by atoms with E-state index in [0.717, 1.165) is 16.6 Å². The second kappa shape index (κ2) is 5.65. The van der Waals surface area contributed by atoms with Crippen molar-refractivity contribution in [3.05, 3.63) is 77.2 Å². The van der Waals surface area contributed by atoms with Crippen LogP contribution in [0.3, 0.4) is 0 Å². The minimum absolute atomic E-state index is 0.370. The van der Waals surface area contributed by atoms with Gasteiger partial charge in [-0.1, -0.05) is 23.7 Å². The van der Waals surface area contributed by atoms with E-state index in [1.165, 1.54) is 0 Å². The Bertz CT molecular complexity index is 943. The van der Waals surface area contributed by atoms with Crippen molar-refractivity contribution in [2.45, 2.75) is 12.0 Å². The maximum absolute atomic E-state index is 6.00. The number of aliphatic imine (C=N–C) groups is 1. The third-order valence-electron chi connectivity index (χ3n) is 4.07. The molecule has 1 aliphatic rings. The van der Waals surface area contributed by atoms with E-state index >= 15 is 0 Å². The molecular formula is C17H15ClN6. The fourth-order valence-electron chi connectivity index (χ4n) is 2.97. The molecule has 0 amide bonds. The highest BCUT2D eigenvalue weighted by atomic mass is 35.5. The van der Waals surface area contributed by atoms with Gasteiger partial charge >= 0.3 is 0 Å². The molecule has 0 saturated heterocycles. The second-order valence-corrected chi connectivity index (χ2v) is 6.10. The average Bonchev–Trinajstić information content (AvgIpc) is 3.02. The fourth-order valence-corrected chi connectivity index (χ4v) is 3.10. The lowest BCUT2D eigenvalue weighted by atomic mass is 9.84. The van der Waals surface area contributed by atoms with E-state index < -0.39 is 5.54 Å². The van der Waals surface area contributed by atoms with Crippen LogP contribution in [0.5, 0.6) is 0 Å². The van der Waals surface area contributed by atoms with Crippen LogP contribution in [0.4, 0.5) is 0 Å². The largest absolute Gasteiger partial charge is 0.370 e. The molecule has 4 rings (SSSR count). The summed E-state index contributed by atoms with van der Waals surface area (Å²) in [5.74, 6) is 0.370. The van der Waals surface area contributed by atoms with E-state index in [4.69, 9.17) is 22.3 Å². The highest BCUT2D eigenvalue weighted by Crippen LogP contribution is 2.35. The zero-order chi connectivity index (χ0) is 16.6. The number of fused-ring (bicyclic) bond motifs is 1. The molecule has 0 saturated carbocycles. The maximum Gasteiger partial charge on any atom is 0.193 e.